The Labute approximate surface area is 110 Å². The predicted molar refractivity (Wildman–Crippen MR) is 72.8 cm³/mol. The van der Waals surface area contributed by atoms with Crippen molar-refractivity contribution in [2.75, 3.05) is 7.11 Å². The molecule has 0 bridgehead atoms. The zero-order valence-corrected chi connectivity index (χ0v) is 11.8. The van der Waals surface area contributed by atoms with Crippen molar-refractivity contribution in [2.24, 2.45) is 5.41 Å². The maximum atomic E-state index is 11.8. The normalized spacial score (nSPS) is 11.3. The number of nitrogens with zero attached hydrogens (tertiary/aromatic N) is 1. The van der Waals surface area contributed by atoms with Gasteiger partial charge in [-0.15, -0.1) is 0 Å². The Balaban J connectivity index is 2.35. The molecule has 0 radical (unpaired) electrons. The summed E-state index contributed by atoms with van der Waals surface area (Å²) in [6.07, 6.45) is 4.89. The van der Waals surface area contributed by atoms with Gasteiger partial charge in [0.25, 0.3) is 0 Å². The number of Topliss-reactive ketones (excluding diaryl/α,β-unsaturated/α-hetero) is 1. The molecule has 3 nitrogen and oxygen atoms in total. The summed E-state index contributed by atoms with van der Waals surface area (Å²) in [7, 11) is 1.58. The van der Waals surface area contributed by atoms with Crippen molar-refractivity contribution in [1.82, 2.24) is 4.98 Å². The number of methoxy groups -OCH3 is 1. The summed E-state index contributed by atoms with van der Waals surface area (Å²) in [6.45, 7) is 6.60. The molecule has 0 aliphatic heterocycles. The Morgan fingerprint density at radius 3 is 2.56 bits per heavy atom. The molecular weight excluding hydrogens is 226 g/mol. The first kappa shape index (κ1) is 14.7. The third-order valence-electron chi connectivity index (χ3n) is 2.79. The van der Waals surface area contributed by atoms with Crippen molar-refractivity contribution in [1.29, 1.82) is 0 Å². The van der Waals surface area contributed by atoms with E-state index in [1.54, 1.807) is 19.4 Å². The summed E-state index contributed by atoms with van der Waals surface area (Å²) in [5, 5.41) is 0. The van der Waals surface area contributed by atoms with Gasteiger partial charge >= 0.3 is 0 Å². The van der Waals surface area contributed by atoms with Crippen LogP contribution in [0.2, 0.25) is 0 Å². The van der Waals surface area contributed by atoms with Gasteiger partial charge in [-0.05, 0) is 23.8 Å². The minimum atomic E-state index is 0.284. The Bertz CT molecular complexity index is 376. The number of pyridine rings is 1. The topological polar surface area (TPSA) is 39.2 Å². The van der Waals surface area contributed by atoms with E-state index >= 15 is 0 Å². The van der Waals surface area contributed by atoms with Gasteiger partial charge in [-0.2, -0.15) is 0 Å². The van der Waals surface area contributed by atoms with Crippen LogP contribution in [0.1, 0.15) is 45.6 Å². The quantitative estimate of drug-likeness (QED) is 0.775. The minimum Gasteiger partial charge on any atom is -0.481 e. The highest BCUT2D eigenvalue weighted by molar-refractivity contribution is 5.80. The van der Waals surface area contributed by atoms with E-state index in [1.165, 1.54) is 0 Å². The van der Waals surface area contributed by atoms with Crippen LogP contribution < -0.4 is 4.74 Å². The first-order valence-corrected chi connectivity index (χ1v) is 6.41. The molecule has 0 amide bonds. The summed E-state index contributed by atoms with van der Waals surface area (Å²) in [6, 6.07) is 3.69. The Kier molecular flexibility index (Phi) is 5.32. The number of ether oxygens (including phenoxy) is 1. The standard InChI is InChI=1S/C15H23NO2/c1-15(2,3)9-5-6-13(17)10-12-7-8-14(18-4)16-11-12/h7-8,11H,5-6,9-10H2,1-4H3. The second-order valence-corrected chi connectivity index (χ2v) is 5.84. The third-order valence-corrected chi connectivity index (χ3v) is 2.79. The average Bonchev–Trinajstić information content (AvgIpc) is 2.28. The smallest absolute Gasteiger partial charge is 0.212 e. The van der Waals surface area contributed by atoms with E-state index < -0.39 is 0 Å². The van der Waals surface area contributed by atoms with E-state index in [2.05, 4.69) is 25.8 Å². The van der Waals surface area contributed by atoms with E-state index in [9.17, 15) is 4.79 Å². The van der Waals surface area contributed by atoms with E-state index in [0.717, 1.165) is 18.4 Å². The molecule has 0 atom stereocenters. The van der Waals surface area contributed by atoms with Crippen molar-refractivity contribution in [3.8, 4) is 5.88 Å². The molecule has 18 heavy (non-hydrogen) atoms. The zero-order chi connectivity index (χ0) is 13.6. The lowest BCUT2D eigenvalue weighted by atomic mass is 9.89. The minimum absolute atomic E-state index is 0.284. The van der Waals surface area contributed by atoms with Crippen molar-refractivity contribution in [3.05, 3.63) is 23.9 Å². The number of hydrogen-bond donors (Lipinski definition) is 0. The highest BCUT2D eigenvalue weighted by Crippen LogP contribution is 2.21. The van der Waals surface area contributed by atoms with Gasteiger partial charge in [0.2, 0.25) is 5.88 Å². The molecule has 3 heteroatoms. The summed E-state index contributed by atoms with van der Waals surface area (Å²) in [5.41, 5.74) is 1.26. The zero-order valence-electron chi connectivity index (χ0n) is 11.8. The maximum absolute atomic E-state index is 11.8. The molecule has 0 N–H and O–H groups in total. The molecule has 0 aliphatic rings. The molecule has 1 rings (SSSR count). The molecule has 0 saturated heterocycles. The van der Waals surface area contributed by atoms with E-state index in [-0.39, 0.29) is 5.78 Å². The summed E-state index contributed by atoms with van der Waals surface area (Å²) >= 11 is 0. The van der Waals surface area contributed by atoms with E-state index in [0.29, 0.717) is 24.1 Å². The highest BCUT2D eigenvalue weighted by Gasteiger charge is 2.11. The predicted octanol–water partition coefficient (Wildman–Crippen LogP) is 3.42. The van der Waals surface area contributed by atoms with Crippen molar-refractivity contribution in [3.63, 3.8) is 0 Å². The number of rotatable bonds is 6. The van der Waals surface area contributed by atoms with Gasteiger partial charge in [0.1, 0.15) is 5.78 Å². The van der Waals surface area contributed by atoms with Crippen LogP contribution in [0.5, 0.6) is 5.88 Å². The van der Waals surface area contributed by atoms with Crippen LogP contribution in [0.4, 0.5) is 0 Å². The SMILES string of the molecule is COc1ccc(CC(=O)CCCC(C)(C)C)cn1. The monoisotopic (exact) mass is 249 g/mol. The van der Waals surface area contributed by atoms with Gasteiger partial charge in [0.05, 0.1) is 7.11 Å². The Morgan fingerprint density at radius 2 is 2.06 bits per heavy atom. The van der Waals surface area contributed by atoms with Gasteiger partial charge in [0, 0.05) is 25.1 Å². The molecule has 0 fully saturated rings. The molecule has 0 aromatic carbocycles. The van der Waals surface area contributed by atoms with Gasteiger partial charge in [0.15, 0.2) is 0 Å². The number of aromatic nitrogens is 1. The maximum Gasteiger partial charge on any atom is 0.212 e. The van der Waals surface area contributed by atoms with Crippen LogP contribution in [0.3, 0.4) is 0 Å². The fraction of sp³-hybridized carbons (Fsp3) is 0.600. The van der Waals surface area contributed by atoms with Gasteiger partial charge < -0.3 is 4.74 Å². The van der Waals surface area contributed by atoms with Gasteiger partial charge in [-0.1, -0.05) is 26.8 Å². The Hall–Kier alpha value is -1.38. The summed E-state index contributed by atoms with van der Waals surface area (Å²) < 4.78 is 4.98. The van der Waals surface area contributed by atoms with Crippen LogP contribution in [0.25, 0.3) is 0 Å². The van der Waals surface area contributed by atoms with Gasteiger partial charge in [-0.25, -0.2) is 4.98 Å². The summed E-state index contributed by atoms with van der Waals surface area (Å²) in [4.78, 5) is 15.9. The largest absolute Gasteiger partial charge is 0.481 e. The van der Waals surface area contributed by atoms with Crippen LogP contribution in [0, 0.1) is 5.41 Å². The van der Waals surface area contributed by atoms with Crippen molar-refractivity contribution >= 4 is 5.78 Å². The van der Waals surface area contributed by atoms with Crippen LogP contribution in [-0.2, 0) is 11.2 Å². The average molecular weight is 249 g/mol. The number of ketones is 1. The third kappa shape index (κ3) is 5.80. The van der Waals surface area contributed by atoms with Crippen molar-refractivity contribution < 1.29 is 9.53 Å². The molecular formula is C15H23NO2. The molecule has 0 aliphatic carbocycles. The number of carbonyl (C=O) groups excluding carboxylic acids is 1. The molecule has 1 heterocycles. The van der Waals surface area contributed by atoms with Crippen LogP contribution >= 0.6 is 0 Å². The summed E-state index contributed by atoms with van der Waals surface area (Å²) in [5.74, 6) is 0.866. The highest BCUT2D eigenvalue weighted by atomic mass is 16.5. The lowest BCUT2D eigenvalue weighted by molar-refractivity contribution is -0.118. The molecule has 1 aromatic heterocycles. The Morgan fingerprint density at radius 1 is 1.33 bits per heavy atom. The molecule has 0 spiro atoms. The molecule has 0 saturated carbocycles. The lowest BCUT2D eigenvalue weighted by Crippen LogP contribution is -2.08. The second kappa shape index (κ2) is 6.53. The molecule has 1 aromatic rings. The fourth-order valence-corrected chi connectivity index (χ4v) is 1.77. The first-order chi connectivity index (χ1) is 8.40. The van der Waals surface area contributed by atoms with Crippen LogP contribution in [-0.4, -0.2) is 17.9 Å². The van der Waals surface area contributed by atoms with E-state index in [1.807, 2.05) is 6.07 Å². The number of hydrogen-bond acceptors (Lipinski definition) is 3. The second-order valence-electron chi connectivity index (χ2n) is 5.84. The van der Waals surface area contributed by atoms with Crippen molar-refractivity contribution in [2.45, 2.75) is 46.5 Å². The van der Waals surface area contributed by atoms with E-state index in [4.69, 9.17) is 4.74 Å². The molecule has 100 valence electrons. The fourth-order valence-electron chi connectivity index (χ4n) is 1.77. The first-order valence-electron chi connectivity index (χ1n) is 6.41. The van der Waals surface area contributed by atoms with Crippen LogP contribution in [0.15, 0.2) is 18.3 Å². The van der Waals surface area contributed by atoms with Gasteiger partial charge in [-0.3, -0.25) is 4.79 Å². The molecule has 0 unspecified atom stereocenters. The lowest BCUT2D eigenvalue weighted by Gasteiger charge is -2.17. The number of carbonyl (C=O) groups is 1.